The summed E-state index contributed by atoms with van der Waals surface area (Å²) in [7, 11) is 1.92. The first-order chi connectivity index (χ1) is 9.47. The Labute approximate surface area is 114 Å². The molecule has 1 aromatic rings. The summed E-state index contributed by atoms with van der Waals surface area (Å²) < 4.78 is 37.4. The van der Waals surface area contributed by atoms with Crippen LogP contribution in [0, 0.1) is 0 Å². The average molecular weight is 288 g/mol. The molecule has 0 saturated heterocycles. The van der Waals surface area contributed by atoms with E-state index in [9.17, 15) is 13.2 Å². The summed E-state index contributed by atoms with van der Waals surface area (Å²) >= 11 is 0. The van der Waals surface area contributed by atoms with Gasteiger partial charge in [-0.1, -0.05) is 0 Å². The minimum atomic E-state index is -4.46. The number of likely N-dealkylation sites (N-methyl/N-ethyl adjacent to an activating group) is 1. The number of alkyl halides is 3. The van der Waals surface area contributed by atoms with Gasteiger partial charge in [-0.05, 0) is 6.07 Å². The van der Waals surface area contributed by atoms with Crippen LogP contribution in [0.4, 0.5) is 19.1 Å². The average Bonchev–Trinajstić information content (AvgIpc) is 2.80. The SMILES string of the molecule is CN1CCN=C1NCCNc1nccc(C(F)(F)F)n1. The van der Waals surface area contributed by atoms with Gasteiger partial charge in [0, 0.05) is 32.9 Å². The van der Waals surface area contributed by atoms with Crippen LogP contribution in [0.2, 0.25) is 0 Å². The molecule has 20 heavy (non-hydrogen) atoms. The van der Waals surface area contributed by atoms with Crippen molar-refractivity contribution in [2.24, 2.45) is 4.99 Å². The Morgan fingerprint density at radius 3 is 2.70 bits per heavy atom. The lowest BCUT2D eigenvalue weighted by atomic mass is 10.4. The first kappa shape index (κ1) is 14.4. The summed E-state index contributed by atoms with van der Waals surface area (Å²) in [6, 6.07) is 0.839. The van der Waals surface area contributed by atoms with Crippen LogP contribution in [0.5, 0.6) is 0 Å². The van der Waals surface area contributed by atoms with Gasteiger partial charge >= 0.3 is 6.18 Å². The van der Waals surface area contributed by atoms with Crippen molar-refractivity contribution in [3.63, 3.8) is 0 Å². The maximum Gasteiger partial charge on any atom is 0.433 e. The van der Waals surface area contributed by atoms with Crippen molar-refractivity contribution >= 4 is 11.9 Å². The molecule has 0 amide bonds. The molecule has 0 fully saturated rings. The van der Waals surface area contributed by atoms with E-state index in [-0.39, 0.29) is 5.95 Å². The topological polar surface area (TPSA) is 65.4 Å². The van der Waals surface area contributed by atoms with Gasteiger partial charge < -0.3 is 15.5 Å². The Balaban J connectivity index is 1.80. The van der Waals surface area contributed by atoms with Crippen LogP contribution in [0.25, 0.3) is 0 Å². The van der Waals surface area contributed by atoms with Gasteiger partial charge in [0.05, 0.1) is 6.54 Å². The van der Waals surface area contributed by atoms with E-state index in [2.05, 4.69) is 25.6 Å². The van der Waals surface area contributed by atoms with Gasteiger partial charge in [0.2, 0.25) is 5.95 Å². The minimum Gasteiger partial charge on any atom is -0.354 e. The van der Waals surface area contributed by atoms with Crippen LogP contribution in [0.15, 0.2) is 17.3 Å². The molecule has 6 nitrogen and oxygen atoms in total. The Kier molecular flexibility index (Phi) is 4.26. The molecule has 1 aromatic heterocycles. The molecule has 2 heterocycles. The molecule has 2 rings (SSSR count). The number of nitrogens with zero attached hydrogens (tertiary/aromatic N) is 4. The molecule has 0 aromatic carbocycles. The summed E-state index contributed by atoms with van der Waals surface area (Å²) in [6.45, 7) is 2.53. The third kappa shape index (κ3) is 3.72. The predicted molar refractivity (Wildman–Crippen MR) is 68.5 cm³/mol. The molecular formula is C11H15F3N6. The van der Waals surface area contributed by atoms with E-state index in [1.54, 1.807) is 0 Å². The van der Waals surface area contributed by atoms with Crippen molar-refractivity contribution in [3.05, 3.63) is 18.0 Å². The molecule has 1 aliphatic heterocycles. The first-order valence-corrected chi connectivity index (χ1v) is 6.10. The number of hydrogen-bond acceptors (Lipinski definition) is 6. The van der Waals surface area contributed by atoms with Gasteiger partial charge in [0.15, 0.2) is 5.96 Å². The molecule has 2 N–H and O–H groups in total. The fourth-order valence-electron chi connectivity index (χ4n) is 1.67. The fraction of sp³-hybridized carbons (Fsp3) is 0.545. The fourth-order valence-corrected chi connectivity index (χ4v) is 1.67. The Morgan fingerprint density at radius 1 is 1.30 bits per heavy atom. The van der Waals surface area contributed by atoms with Crippen molar-refractivity contribution in [1.82, 2.24) is 20.2 Å². The monoisotopic (exact) mass is 288 g/mol. The van der Waals surface area contributed by atoms with Gasteiger partial charge in [-0.25, -0.2) is 9.97 Å². The largest absolute Gasteiger partial charge is 0.433 e. The Hall–Kier alpha value is -2.06. The van der Waals surface area contributed by atoms with Crippen LogP contribution in [0.1, 0.15) is 5.69 Å². The standard InChI is InChI=1S/C11H15F3N6/c1-20-7-6-18-10(20)17-5-4-16-9-15-3-2-8(19-9)11(12,13)14/h2-3H,4-7H2,1H3,(H,17,18)(H,15,16,19). The van der Waals surface area contributed by atoms with E-state index in [0.717, 1.165) is 31.3 Å². The number of aromatic nitrogens is 2. The van der Waals surface area contributed by atoms with Crippen LogP contribution in [-0.4, -0.2) is 54.1 Å². The first-order valence-electron chi connectivity index (χ1n) is 6.10. The minimum absolute atomic E-state index is 0.0386. The van der Waals surface area contributed by atoms with Gasteiger partial charge in [-0.3, -0.25) is 4.99 Å². The van der Waals surface area contributed by atoms with Crippen LogP contribution in [0.3, 0.4) is 0 Å². The van der Waals surface area contributed by atoms with E-state index in [1.165, 1.54) is 0 Å². The molecule has 0 bridgehead atoms. The van der Waals surface area contributed by atoms with Crippen molar-refractivity contribution in [1.29, 1.82) is 0 Å². The second kappa shape index (κ2) is 5.93. The zero-order valence-corrected chi connectivity index (χ0v) is 10.9. The highest BCUT2D eigenvalue weighted by molar-refractivity contribution is 5.81. The molecule has 0 atom stereocenters. The summed E-state index contributed by atoms with van der Waals surface area (Å²) in [5.74, 6) is 0.750. The molecule has 9 heteroatoms. The normalized spacial score (nSPS) is 15.2. The Bertz CT molecular complexity index is 487. The molecular weight excluding hydrogens is 273 g/mol. The second-order valence-electron chi connectivity index (χ2n) is 4.24. The number of nitrogens with one attached hydrogen (secondary N) is 2. The predicted octanol–water partition coefficient (Wildman–Crippen LogP) is 0.798. The maximum absolute atomic E-state index is 12.5. The van der Waals surface area contributed by atoms with Crippen molar-refractivity contribution in [2.45, 2.75) is 6.18 Å². The molecule has 0 radical (unpaired) electrons. The highest BCUT2D eigenvalue weighted by Gasteiger charge is 2.32. The number of rotatable bonds is 4. The van der Waals surface area contributed by atoms with Crippen molar-refractivity contribution < 1.29 is 13.2 Å². The van der Waals surface area contributed by atoms with Crippen molar-refractivity contribution in [3.8, 4) is 0 Å². The lowest BCUT2D eigenvalue weighted by Gasteiger charge is -2.15. The zero-order chi connectivity index (χ0) is 14.6. The summed E-state index contributed by atoms with van der Waals surface area (Å²) in [5.41, 5.74) is -0.956. The lowest BCUT2D eigenvalue weighted by Crippen LogP contribution is -2.38. The van der Waals surface area contributed by atoms with E-state index < -0.39 is 11.9 Å². The summed E-state index contributed by atoms with van der Waals surface area (Å²) in [4.78, 5) is 13.4. The van der Waals surface area contributed by atoms with E-state index in [1.807, 2.05) is 11.9 Å². The summed E-state index contributed by atoms with van der Waals surface area (Å²) in [6.07, 6.45) is -3.38. The quantitative estimate of drug-likeness (QED) is 0.802. The number of guanidine groups is 1. The zero-order valence-electron chi connectivity index (χ0n) is 10.9. The number of hydrogen-bond donors (Lipinski definition) is 2. The maximum atomic E-state index is 12.5. The van der Waals surface area contributed by atoms with Crippen LogP contribution in [-0.2, 0) is 6.18 Å². The molecule has 0 unspecified atom stereocenters. The van der Waals surface area contributed by atoms with Gasteiger partial charge in [0.25, 0.3) is 0 Å². The number of aliphatic imine (C=N–C) groups is 1. The molecule has 0 saturated carbocycles. The van der Waals surface area contributed by atoms with Crippen LogP contribution >= 0.6 is 0 Å². The molecule has 110 valence electrons. The van der Waals surface area contributed by atoms with Gasteiger partial charge in [0.1, 0.15) is 5.69 Å². The smallest absolute Gasteiger partial charge is 0.354 e. The van der Waals surface area contributed by atoms with Gasteiger partial charge in [-0.15, -0.1) is 0 Å². The molecule has 0 aliphatic carbocycles. The van der Waals surface area contributed by atoms with Crippen LogP contribution < -0.4 is 10.6 Å². The van der Waals surface area contributed by atoms with Crippen molar-refractivity contribution in [2.75, 3.05) is 38.5 Å². The van der Waals surface area contributed by atoms with E-state index in [0.29, 0.717) is 13.1 Å². The summed E-state index contributed by atoms with van der Waals surface area (Å²) in [5, 5.41) is 5.82. The van der Waals surface area contributed by atoms with E-state index in [4.69, 9.17) is 0 Å². The highest BCUT2D eigenvalue weighted by Crippen LogP contribution is 2.27. The molecule has 0 spiro atoms. The highest BCUT2D eigenvalue weighted by atomic mass is 19.4. The Morgan fingerprint density at radius 2 is 2.05 bits per heavy atom. The third-order valence-electron chi connectivity index (χ3n) is 2.70. The molecule has 1 aliphatic rings. The second-order valence-corrected chi connectivity index (χ2v) is 4.24. The number of anilines is 1. The van der Waals surface area contributed by atoms with E-state index >= 15 is 0 Å². The number of halogens is 3. The van der Waals surface area contributed by atoms with Gasteiger partial charge in [-0.2, -0.15) is 13.2 Å². The lowest BCUT2D eigenvalue weighted by molar-refractivity contribution is -0.141. The third-order valence-corrected chi connectivity index (χ3v) is 2.70.